The van der Waals surface area contributed by atoms with Crippen molar-refractivity contribution in [3.8, 4) is 0 Å². The fraction of sp³-hybridized carbons (Fsp3) is 0.692. The molecule has 0 spiro atoms. The highest BCUT2D eigenvalue weighted by atomic mass is 35.5. The van der Waals surface area contributed by atoms with Crippen molar-refractivity contribution in [2.75, 3.05) is 11.9 Å². The van der Waals surface area contributed by atoms with Crippen LogP contribution >= 0.6 is 11.6 Å². The Bertz CT molecular complexity index is 308. The third-order valence-electron chi connectivity index (χ3n) is 2.66. The minimum atomic E-state index is 0.315. The van der Waals surface area contributed by atoms with E-state index in [9.17, 15) is 0 Å². The molecule has 0 radical (unpaired) electrons. The SMILES string of the molecule is CCCCCCCCNc1cc(C)nc(Cl)n1. The summed E-state index contributed by atoms with van der Waals surface area (Å²) in [4.78, 5) is 8.15. The number of aryl methyl sites for hydroxylation is 1. The summed E-state index contributed by atoms with van der Waals surface area (Å²) in [5.41, 5.74) is 0.899. The molecule has 0 saturated carbocycles. The summed E-state index contributed by atoms with van der Waals surface area (Å²) in [7, 11) is 0. The van der Waals surface area contributed by atoms with Gasteiger partial charge >= 0.3 is 0 Å². The Morgan fingerprint density at radius 3 is 2.53 bits per heavy atom. The van der Waals surface area contributed by atoms with Crippen LogP contribution in [0.4, 0.5) is 5.82 Å². The first-order valence-electron chi connectivity index (χ1n) is 6.47. The zero-order valence-electron chi connectivity index (χ0n) is 10.8. The molecule has 0 saturated heterocycles. The van der Waals surface area contributed by atoms with Gasteiger partial charge in [-0.25, -0.2) is 9.97 Å². The van der Waals surface area contributed by atoms with E-state index in [0.29, 0.717) is 5.28 Å². The Hall–Kier alpha value is -0.830. The molecule has 0 atom stereocenters. The zero-order valence-corrected chi connectivity index (χ0v) is 11.6. The lowest BCUT2D eigenvalue weighted by Crippen LogP contribution is -2.04. The van der Waals surface area contributed by atoms with E-state index in [1.54, 1.807) is 0 Å². The molecule has 17 heavy (non-hydrogen) atoms. The van der Waals surface area contributed by atoms with Gasteiger partial charge in [0.05, 0.1) is 0 Å². The minimum Gasteiger partial charge on any atom is -0.370 e. The Balaban J connectivity index is 2.13. The number of nitrogens with one attached hydrogen (secondary N) is 1. The van der Waals surface area contributed by atoms with Gasteiger partial charge < -0.3 is 5.32 Å². The molecule has 0 aromatic carbocycles. The van der Waals surface area contributed by atoms with Gasteiger partial charge in [0, 0.05) is 18.3 Å². The van der Waals surface area contributed by atoms with E-state index < -0.39 is 0 Å². The lowest BCUT2D eigenvalue weighted by atomic mass is 10.1. The smallest absolute Gasteiger partial charge is 0.224 e. The van der Waals surface area contributed by atoms with Gasteiger partial charge in [0.25, 0.3) is 0 Å². The first-order chi connectivity index (χ1) is 8.22. The van der Waals surface area contributed by atoms with E-state index in [1.165, 1.54) is 38.5 Å². The zero-order chi connectivity index (χ0) is 12.5. The Morgan fingerprint density at radius 2 is 1.82 bits per heavy atom. The van der Waals surface area contributed by atoms with Crippen LogP contribution in [-0.4, -0.2) is 16.5 Å². The third kappa shape index (κ3) is 6.47. The summed E-state index contributed by atoms with van der Waals surface area (Å²) < 4.78 is 0. The van der Waals surface area contributed by atoms with Crippen LogP contribution in [0.1, 0.15) is 51.1 Å². The van der Waals surface area contributed by atoms with Crippen molar-refractivity contribution in [1.82, 2.24) is 9.97 Å². The maximum Gasteiger partial charge on any atom is 0.224 e. The van der Waals surface area contributed by atoms with Gasteiger partial charge in [0.2, 0.25) is 5.28 Å². The van der Waals surface area contributed by atoms with Gasteiger partial charge in [-0.15, -0.1) is 0 Å². The number of hydrogen-bond donors (Lipinski definition) is 1. The van der Waals surface area contributed by atoms with Crippen molar-refractivity contribution in [2.24, 2.45) is 0 Å². The highest BCUT2D eigenvalue weighted by Crippen LogP contribution is 2.10. The van der Waals surface area contributed by atoms with E-state index in [0.717, 1.165) is 18.1 Å². The molecule has 4 heteroatoms. The topological polar surface area (TPSA) is 37.8 Å². The van der Waals surface area contributed by atoms with Crippen molar-refractivity contribution in [3.63, 3.8) is 0 Å². The fourth-order valence-corrected chi connectivity index (χ4v) is 1.97. The molecule has 96 valence electrons. The number of halogens is 1. The highest BCUT2D eigenvalue weighted by molar-refractivity contribution is 6.28. The van der Waals surface area contributed by atoms with Crippen LogP contribution in [0.15, 0.2) is 6.07 Å². The van der Waals surface area contributed by atoms with Crippen LogP contribution in [0, 0.1) is 6.92 Å². The summed E-state index contributed by atoms with van der Waals surface area (Å²) in [6, 6.07) is 1.92. The number of anilines is 1. The third-order valence-corrected chi connectivity index (χ3v) is 2.83. The first-order valence-corrected chi connectivity index (χ1v) is 6.85. The molecule has 0 aliphatic carbocycles. The second-order valence-electron chi connectivity index (χ2n) is 4.36. The summed E-state index contributed by atoms with van der Waals surface area (Å²) in [5.74, 6) is 0.830. The van der Waals surface area contributed by atoms with Gasteiger partial charge in [0.15, 0.2) is 0 Å². The molecule has 0 aliphatic rings. The lowest BCUT2D eigenvalue weighted by Gasteiger charge is -2.06. The average molecular weight is 256 g/mol. The number of unbranched alkanes of at least 4 members (excludes halogenated alkanes) is 5. The largest absolute Gasteiger partial charge is 0.370 e. The maximum absolute atomic E-state index is 5.79. The van der Waals surface area contributed by atoms with E-state index in [1.807, 2.05) is 13.0 Å². The Labute approximate surface area is 109 Å². The van der Waals surface area contributed by atoms with Gasteiger partial charge in [-0.2, -0.15) is 0 Å². The van der Waals surface area contributed by atoms with Crippen molar-refractivity contribution in [2.45, 2.75) is 52.4 Å². The van der Waals surface area contributed by atoms with Crippen molar-refractivity contribution in [1.29, 1.82) is 0 Å². The molecule has 0 unspecified atom stereocenters. The first kappa shape index (κ1) is 14.2. The standard InChI is InChI=1S/C13H22ClN3/c1-3-4-5-6-7-8-9-15-12-10-11(2)16-13(14)17-12/h10H,3-9H2,1-2H3,(H,15,16,17). The van der Waals surface area contributed by atoms with E-state index in [4.69, 9.17) is 11.6 Å². The quantitative estimate of drug-likeness (QED) is 0.559. The second kappa shape index (κ2) is 8.29. The van der Waals surface area contributed by atoms with Gasteiger partial charge in [-0.05, 0) is 24.9 Å². The van der Waals surface area contributed by atoms with E-state index in [-0.39, 0.29) is 0 Å². The molecule has 0 aliphatic heterocycles. The minimum absolute atomic E-state index is 0.315. The number of nitrogens with zero attached hydrogens (tertiary/aromatic N) is 2. The molecular formula is C13H22ClN3. The molecule has 3 nitrogen and oxygen atoms in total. The van der Waals surface area contributed by atoms with Crippen LogP contribution in [0.25, 0.3) is 0 Å². The molecule has 0 amide bonds. The normalized spacial score (nSPS) is 10.5. The van der Waals surface area contributed by atoms with Gasteiger partial charge in [-0.3, -0.25) is 0 Å². The van der Waals surface area contributed by atoms with E-state index >= 15 is 0 Å². The number of aromatic nitrogens is 2. The monoisotopic (exact) mass is 255 g/mol. The van der Waals surface area contributed by atoms with Crippen molar-refractivity contribution < 1.29 is 0 Å². The Kier molecular flexibility index (Phi) is 6.94. The molecule has 1 rings (SSSR count). The predicted molar refractivity (Wildman–Crippen MR) is 73.6 cm³/mol. The second-order valence-corrected chi connectivity index (χ2v) is 4.70. The average Bonchev–Trinajstić information content (AvgIpc) is 2.26. The van der Waals surface area contributed by atoms with Crippen LogP contribution < -0.4 is 5.32 Å². The molecule has 1 heterocycles. The van der Waals surface area contributed by atoms with Gasteiger partial charge in [0.1, 0.15) is 5.82 Å². The lowest BCUT2D eigenvalue weighted by molar-refractivity contribution is 0.617. The van der Waals surface area contributed by atoms with Crippen LogP contribution in [-0.2, 0) is 0 Å². The van der Waals surface area contributed by atoms with E-state index in [2.05, 4.69) is 22.2 Å². The summed E-state index contributed by atoms with van der Waals surface area (Å²) in [6.45, 7) is 5.12. The molecule has 0 bridgehead atoms. The molecule has 1 aromatic heterocycles. The van der Waals surface area contributed by atoms with Crippen LogP contribution in [0.2, 0.25) is 5.28 Å². The fourth-order valence-electron chi connectivity index (χ4n) is 1.74. The van der Waals surface area contributed by atoms with Crippen molar-refractivity contribution >= 4 is 17.4 Å². The number of rotatable bonds is 8. The van der Waals surface area contributed by atoms with Crippen LogP contribution in [0.5, 0.6) is 0 Å². The van der Waals surface area contributed by atoms with Gasteiger partial charge in [-0.1, -0.05) is 39.0 Å². The van der Waals surface area contributed by atoms with Crippen LogP contribution in [0.3, 0.4) is 0 Å². The highest BCUT2D eigenvalue weighted by Gasteiger charge is 1.98. The number of hydrogen-bond acceptors (Lipinski definition) is 3. The predicted octanol–water partition coefficient (Wildman–Crippen LogP) is 4.21. The molecule has 1 aromatic rings. The maximum atomic E-state index is 5.79. The molecular weight excluding hydrogens is 234 g/mol. The summed E-state index contributed by atoms with van der Waals surface area (Å²) in [5, 5.41) is 3.60. The molecule has 0 fully saturated rings. The Morgan fingerprint density at radius 1 is 1.12 bits per heavy atom. The summed E-state index contributed by atoms with van der Waals surface area (Å²) in [6.07, 6.45) is 7.81. The molecule has 1 N–H and O–H groups in total. The summed E-state index contributed by atoms with van der Waals surface area (Å²) >= 11 is 5.79. The van der Waals surface area contributed by atoms with Crippen molar-refractivity contribution in [3.05, 3.63) is 17.0 Å².